The molecule has 0 fully saturated rings. The molecule has 0 aliphatic heterocycles. The number of hydrogen-bond donors (Lipinski definition) is 1. The Kier molecular flexibility index (Phi) is 4.90. The molecule has 1 aromatic heterocycles. The normalized spacial score (nSPS) is 13.2. The van der Waals surface area contributed by atoms with Gasteiger partial charge in [0.1, 0.15) is 0 Å². The molecule has 0 radical (unpaired) electrons. The highest BCUT2D eigenvalue weighted by Crippen LogP contribution is 2.35. The number of aromatic nitrogens is 1. The summed E-state index contributed by atoms with van der Waals surface area (Å²) in [7, 11) is 0. The predicted octanol–water partition coefficient (Wildman–Crippen LogP) is 4.26. The van der Waals surface area contributed by atoms with Crippen molar-refractivity contribution in [3.63, 3.8) is 0 Å². The van der Waals surface area contributed by atoms with E-state index in [9.17, 15) is 13.2 Å². The first kappa shape index (κ1) is 15.9. The third-order valence-corrected chi connectivity index (χ3v) is 3.94. The number of hydrogen-bond acceptors (Lipinski definition) is 3. The summed E-state index contributed by atoms with van der Waals surface area (Å²) >= 11 is 1.67. The topological polar surface area (TPSA) is 38.9 Å². The minimum Gasteiger partial charge on any atom is -0.320 e. The van der Waals surface area contributed by atoms with Crippen molar-refractivity contribution < 1.29 is 13.2 Å². The second-order valence-electron chi connectivity index (χ2n) is 4.44. The van der Waals surface area contributed by atoms with Gasteiger partial charge in [0.15, 0.2) is 0 Å². The fraction of sp³-hybridized carbons (Fsp3) is 0.267. The summed E-state index contributed by atoms with van der Waals surface area (Å²) in [6.07, 6.45) is -2.13. The van der Waals surface area contributed by atoms with Gasteiger partial charge in [0.25, 0.3) is 0 Å². The molecule has 112 valence electrons. The van der Waals surface area contributed by atoms with Gasteiger partial charge in [-0.3, -0.25) is 4.98 Å². The van der Waals surface area contributed by atoms with Crippen LogP contribution in [0.25, 0.3) is 0 Å². The van der Waals surface area contributed by atoms with E-state index in [1.165, 1.54) is 6.20 Å². The third kappa shape index (κ3) is 3.77. The quantitative estimate of drug-likeness (QED) is 0.857. The molecule has 1 atom stereocenters. The highest BCUT2D eigenvalue weighted by Gasteiger charge is 2.34. The van der Waals surface area contributed by atoms with Crippen LogP contribution in [0.4, 0.5) is 13.2 Å². The smallest absolute Gasteiger partial charge is 0.320 e. The molecule has 21 heavy (non-hydrogen) atoms. The van der Waals surface area contributed by atoms with Crippen molar-refractivity contribution in [2.24, 2.45) is 5.73 Å². The number of nitrogens with two attached hydrogens (primary N) is 1. The molecule has 0 spiro atoms. The van der Waals surface area contributed by atoms with Crippen molar-refractivity contribution in [3.8, 4) is 0 Å². The van der Waals surface area contributed by atoms with Crippen LogP contribution >= 0.6 is 11.8 Å². The van der Waals surface area contributed by atoms with Gasteiger partial charge in [-0.25, -0.2) is 0 Å². The maximum absolute atomic E-state index is 13.0. The molecule has 2 rings (SSSR count). The number of alkyl halides is 3. The standard InChI is InChI=1S/C15H15F3N2S/c1-2-21-11-5-3-10(4-6-11)14(19)12-9-20-8-7-13(12)15(16,17)18/h3-9,14H,2,19H2,1H3. The highest BCUT2D eigenvalue weighted by molar-refractivity contribution is 7.99. The van der Waals surface area contributed by atoms with Gasteiger partial charge in [-0.2, -0.15) is 13.2 Å². The molecule has 2 aromatic rings. The van der Waals surface area contributed by atoms with Crippen LogP contribution in [-0.2, 0) is 6.18 Å². The number of pyridine rings is 1. The minimum absolute atomic E-state index is 0.0131. The molecule has 1 unspecified atom stereocenters. The second kappa shape index (κ2) is 6.49. The van der Waals surface area contributed by atoms with Crippen LogP contribution in [0.15, 0.2) is 47.6 Å². The lowest BCUT2D eigenvalue weighted by Crippen LogP contribution is -2.18. The Morgan fingerprint density at radius 2 is 1.86 bits per heavy atom. The van der Waals surface area contributed by atoms with Crippen molar-refractivity contribution in [1.82, 2.24) is 4.98 Å². The summed E-state index contributed by atoms with van der Waals surface area (Å²) in [4.78, 5) is 4.83. The van der Waals surface area contributed by atoms with Gasteiger partial charge < -0.3 is 5.73 Å². The summed E-state index contributed by atoms with van der Waals surface area (Å²) in [5, 5.41) is 0. The summed E-state index contributed by atoms with van der Waals surface area (Å²) in [6.45, 7) is 2.04. The lowest BCUT2D eigenvalue weighted by molar-refractivity contribution is -0.138. The van der Waals surface area contributed by atoms with E-state index in [4.69, 9.17) is 5.73 Å². The molecule has 1 heterocycles. The summed E-state index contributed by atoms with van der Waals surface area (Å²) in [5.41, 5.74) is 5.87. The monoisotopic (exact) mass is 312 g/mol. The van der Waals surface area contributed by atoms with Gasteiger partial charge in [-0.05, 0) is 29.5 Å². The number of halogens is 3. The average Bonchev–Trinajstić information content (AvgIpc) is 2.47. The maximum Gasteiger partial charge on any atom is 0.416 e. The zero-order valence-corrected chi connectivity index (χ0v) is 12.2. The second-order valence-corrected chi connectivity index (χ2v) is 5.78. The molecule has 0 amide bonds. The van der Waals surface area contributed by atoms with Crippen molar-refractivity contribution in [3.05, 3.63) is 59.4 Å². The van der Waals surface area contributed by atoms with E-state index in [0.717, 1.165) is 22.9 Å². The Morgan fingerprint density at radius 3 is 2.43 bits per heavy atom. The number of nitrogens with zero attached hydrogens (tertiary/aromatic N) is 1. The van der Waals surface area contributed by atoms with Crippen LogP contribution in [0.5, 0.6) is 0 Å². The minimum atomic E-state index is -4.44. The van der Waals surface area contributed by atoms with Gasteiger partial charge in [-0.1, -0.05) is 19.1 Å². The molecule has 0 saturated carbocycles. The average molecular weight is 312 g/mol. The van der Waals surface area contributed by atoms with Crippen LogP contribution in [0.2, 0.25) is 0 Å². The summed E-state index contributed by atoms with van der Waals surface area (Å²) < 4.78 is 39.0. The summed E-state index contributed by atoms with van der Waals surface area (Å²) in [5.74, 6) is 0.937. The number of rotatable bonds is 4. The third-order valence-electron chi connectivity index (χ3n) is 3.04. The van der Waals surface area contributed by atoms with E-state index in [0.29, 0.717) is 5.56 Å². The molecule has 2 nitrogen and oxygen atoms in total. The molecule has 1 aromatic carbocycles. The largest absolute Gasteiger partial charge is 0.416 e. The van der Waals surface area contributed by atoms with E-state index in [1.54, 1.807) is 23.9 Å². The summed E-state index contributed by atoms with van der Waals surface area (Å²) in [6, 6.07) is 7.36. The number of thioether (sulfide) groups is 1. The van der Waals surface area contributed by atoms with Crippen molar-refractivity contribution in [1.29, 1.82) is 0 Å². The Labute approximate surface area is 125 Å². The Morgan fingerprint density at radius 1 is 1.19 bits per heavy atom. The van der Waals surface area contributed by atoms with Crippen LogP contribution in [0, 0.1) is 0 Å². The Balaban J connectivity index is 2.34. The van der Waals surface area contributed by atoms with Crippen molar-refractivity contribution in [2.45, 2.75) is 24.0 Å². The van der Waals surface area contributed by atoms with E-state index in [2.05, 4.69) is 4.98 Å². The van der Waals surface area contributed by atoms with Crippen LogP contribution in [0.3, 0.4) is 0 Å². The van der Waals surface area contributed by atoms with Gasteiger partial charge in [0.05, 0.1) is 11.6 Å². The molecule has 0 aliphatic carbocycles. The van der Waals surface area contributed by atoms with E-state index < -0.39 is 17.8 Å². The van der Waals surface area contributed by atoms with Gasteiger partial charge in [0.2, 0.25) is 0 Å². The van der Waals surface area contributed by atoms with Crippen molar-refractivity contribution >= 4 is 11.8 Å². The zero-order chi connectivity index (χ0) is 15.5. The van der Waals surface area contributed by atoms with Gasteiger partial charge >= 0.3 is 6.18 Å². The zero-order valence-electron chi connectivity index (χ0n) is 11.4. The van der Waals surface area contributed by atoms with Crippen molar-refractivity contribution in [2.75, 3.05) is 5.75 Å². The fourth-order valence-electron chi connectivity index (χ4n) is 2.03. The van der Waals surface area contributed by atoms with Gasteiger partial charge in [-0.15, -0.1) is 11.8 Å². The van der Waals surface area contributed by atoms with Gasteiger partial charge in [0, 0.05) is 22.9 Å². The van der Waals surface area contributed by atoms with Crippen LogP contribution in [-0.4, -0.2) is 10.7 Å². The van der Waals surface area contributed by atoms with Crippen LogP contribution in [0.1, 0.15) is 29.7 Å². The number of benzene rings is 1. The maximum atomic E-state index is 13.0. The first-order valence-electron chi connectivity index (χ1n) is 6.43. The van der Waals surface area contributed by atoms with E-state index >= 15 is 0 Å². The molecular weight excluding hydrogens is 297 g/mol. The molecule has 6 heteroatoms. The predicted molar refractivity (Wildman–Crippen MR) is 78.1 cm³/mol. The molecular formula is C15H15F3N2S. The Bertz CT molecular complexity index is 597. The Hall–Kier alpha value is -1.53. The molecule has 0 aliphatic rings. The SMILES string of the molecule is CCSc1ccc(C(N)c2cnccc2C(F)(F)F)cc1. The highest BCUT2D eigenvalue weighted by atomic mass is 32.2. The molecule has 0 saturated heterocycles. The first-order chi connectivity index (χ1) is 9.93. The lowest BCUT2D eigenvalue weighted by atomic mass is 9.97. The van der Waals surface area contributed by atoms with E-state index in [-0.39, 0.29) is 5.56 Å². The molecule has 2 N–H and O–H groups in total. The van der Waals surface area contributed by atoms with Crippen LogP contribution < -0.4 is 5.73 Å². The fourth-order valence-corrected chi connectivity index (χ4v) is 2.69. The van der Waals surface area contributed by atoms with E-state index in [1.807, 2.05) is 19.1 Å². The first-order valence-corrected chi connectivity index (χ1v) is 7.41. The molecule has 0 bridgehead atoms. The lowest BCUT2D eigenvalue weighted by Gasteiger charge is -2.18.